The fourth-order valence-corrected chi connectivity index (χ4v) is 3.22. The molecule has 2 aliphatic rings. The molecule has 2 rings (SSSR count). The second-order valence-corrected chi connectivity index (χ2v) is 7.76. The van der Waals surface area contributed by atoms with E-state index in [2.05, 4.69) is 19.3 Å². The van der Waals surface area contributed by atoms with Gasteiger partial charge in [-0.3, -0.25) is 0 Å². The molecule has 2 unspecified atom stereocenters. The zero-order valence-corrected chi connectivity index (χ0v) is 14.0. The Morgan fingerprint density at radius 1 is 1.24 bits per heavy atom. The van der Waals surface area contributed by atoms with Gasteiger partial charge in [0, 0.05) is 18.1 Å². The number of rotatable bonds is 4. The van der Waals surface area contributed by atoms with E-state index in [-0.39, 0.29) is 6.09 Å². The van der Waals surface area contributed by atoms with Gasteiger partial charge >= 0.3 is 6.09 Å². The molecule has 0 radical (unpaired) electrons. The Kier molecular flexibility index (Phi) is 5.15. The molecule has 2 bridgehead atoms. The van der Waals surface area contributed by atoms with Gasteiger partial charge in [0.15, 0.2) is 0 Å². The minimum atomic E-state index is -0.425. The third-order valence-corrected chi connectivity index (χ3v) is 4.00. The van der Waals surface area contributed by atoms with Crippen LogP contribution in [0.15, 0.2) is 0 Å². The molecule has 0 aromatic heterocycles. The van der Waals surface area contributed by atoms with Crippen molar-refractivity contribution >= 4 is 6.09 Å². The molecule has 1 amide bonds. The Hall–Kier alpha value is -0.810. The maximum atomic E-state index is 12.3. The highest BCUT2D eigenvalue weighted by molar-refractivity contribution is 5.69. The smallest absolute Gasteiger partial charge is 0.410 e. The van der Waals surface area contributed by atoms with Crippen LogP contribution < -0.4 is 5.48 Å². The number of carbonyl (C=O) groups is 1. The molecule has 122 valence electrons. The molecule has 0 aromatic rings. The van der Waals surface area contributed by atoms with Crippen LogP contribution in [0, 0.1) is 5.92 Å². The van der Waals surface area contributed by atoms with E-state index < -0.39 is 5.60 Å². The highest BCUT2D eigenvalue weighted by atomic mass is 16.6. The normalized spacial score (nSPS) is 29.0. The van der Waals surface area contributed by atoms with Gasteiger partial charge in [0.25, 0.3) is 0 Å². The van der Waals surface area contributed by atoms with Crippen molar-refractivity contribution in [3.63, 3.8) is 0 Å². The topological polar surface area (TPSA) is 50.8 Å². The molecule has 2 heterocycles. The molecule has 21 heavy (non-hydrogen) atoms. The SMILES string of the molecule is CC(C)CONC1CC2CCC(C1)N2C(=O)OC(C)(C)C. The number of ether oxygens (including phenoxy) is 1. The molecule has 2 fully saturated rings. The molecule has 2 saturated heterocycles. The molecule has 0 spiro atoms. The molecule has 5 heteroatoms. The fourth-order valence-electron chi connectivity index (χ4n) is 3.22. The maximum Gasteiger partial charge on any atom is 0.410 e. The largest absolute Gasteiger partial charge is 0.444 e. The van der Waals surface area contributed by atoms with Crippen LogP contribution in [0.1, 0.15) is 60.3 Å². The lowest BCUT2D eigenvalue weighted by Crippen LogP contribution is -2.52. The summed E-state index contributed by atoms with van der Waals surface area (Å²) >= 11 is 0. The number of nitrogens with one attached hydrogen (secondary N) is 1. The Balaban J connectivity index is 1.86. The molecule has 0 aromatic carbocycles. The second kappa shape index (κ2) is 6.53. The van der Waals surface area contributed by atoms with Crippen molar-refractivity contribution in [1.29, 1.82) is 0 Å². The van der Waals surface area contributed by atoms with Crippen molar-refractivity contribution in [2.24, 2.45) is 5.92 Å². The number of hydrogen-bond donors (Lipinski definition) is 1. The van der Waals surface area contributed by atoms with E-state index in [0.29, 0.717) is 24.0 Å². The first-order chi connectivity index (χ1) is 9.76. The maximum absolute atomic E-state index is 12.3. The number of hydrogen-bond acceptors (Lipinski definition) is 4. The van der Waals surface area contributed by atoms with Crippen LogP contribution in [0.2, 0.25) is 0 Å². The van der Waals surface area contributed by atoms with Crippen LogP contribution in [0.25, 0.3) is 0 Å². The first-order valence-electron chi connectivity index (χ1n) is 8.15. The Bertz CT molecular complexity index is 351. The van der Waals surface area contributed by atoms with Crippen LogP contribution in [0.4, 0.5) is 4.79 Å². The first kappa shape index (κ1) is 16.6. The third kappa shape index (κ3) is 4.58. The third-order valence-electron chi connectivity index (χ3n) is 4.00. The van der Waals surface area contributed by atoms with Gasteiger partial charge in [0.05, 0.1) is 6.61 Å². The monoisotopic (exact) mass is 298 g/mol. The van der Waals surface area contributed by atoms with Crippen LogP contribution in [-0.4, -0.2) is 41.3 Å². The summed E-state index contributed by atoms with van der Waals surface area (Å²) in [4.78, 5) is 19.9. The van der Waals surface area contributed by atoms with Crippen LogP contribution >= 0.6 is 0 Å². The number of nitrogens with zero attached hydrogens (tertiary/aromatic N) is 1. The van der Waals surface area contributed by atoms with Crippen molar-refractivity contribution in [3.05, 3.63) is 0 Å². The molecule has 2 aliphatic heterocycles. The molecular formula is C16H30N2O3. The lowest BCUT2D eigenvalue weighted by molar-refractivity contribution is -0.0327. The van der Waals surface area contributed by atoms with Gasteiger partial charge in [-0.15, -0.1) is 0 Å². The zero-order chi connectivity index (χ0) is 15.6. The van der Waals surface area contributed by atoms with Gasteiger partial charge in [-0.25, -0.2) is 4.79 Å². The highest BCUT2D eigenvalue weighted by Crippen LogP contribution is 2.36. The second-order valence-electron chi connectivity index (χ2n) is 7.76. The van der Waals surface area contributed by atoms with E-state index in [4.69, 9.17) is 9.57 Å². The molecular weight excluding hydrogens is 268 g/mol. The highest BCUT2D eigenvalue weighted by Gasteiger charge is 2.44. The standard InChI is InChI=1S/C16H30N2O3/c1-11(2)10-20-17-12-8-13-6-7-14(9-12)18(13)15(19)21-16(3,4)5/h11-14,17H,6-10H2,1-5H3. The summed E-state index contributed by atoms with van der Waals surface area (Å²) in [6.45, 7) is 10.7. The Morgan fingerprint density at radius 3 is 2.29 bits per heavy atom. The molecule has 2 atom stereocenters. The van der Waals surface area contributed by atoms with E-state index >= 15 is 0 Å². The molecule has 0 aliphatic carbocycles. The summed E-state index contributed by atoms with van der Waals surface area (Å²) < 4.78 is 5.54. The van der Waals surface area contributed by atoms with Crippen LogP contribution in [0.5, 0.6) is 0 Å². The van der Waals surface area contributed by atoms with E-state index in [1.54, 1.807) is 0 Å². The van der Waals surface area contributed by atoms with Gasteiger partial charge in [-0.1, -0.05) is 13.8 Å². The first-order valence-corrected chi connectivity index (χ1v) is 8.15. The van der Waals surface area contributed by atoms with Crippen molar-refractivity contribution in [2.45, 2.75) is 84.0 Å². The summed E-state index contributed by atoms with van der Waals surface area (Å²) in [5.74, 6) is 0.524. The zero-order valence-electron chi connectivity index (χ0n) is 14.0. The van der Waals surface area contributed by atoms with E-state index in [1.807, 2.05) is 25.7 Å². The number of carbonyl (C=O) groups excluding carboxylic acids is 1. The Labute approximate surface area is 128 Å². The molecule has 1 N–H and O–H groups in total. The lowest BCUT2D eigenvalue weighted by atomic mass is 9.98. The van der Waals surface area contributed by atoms with Crippen molar-refractivity contribution in [1.82, 2.24) is 10.4 Å². The van der Waals surface area contributed by atoms with Crippen molar-refractivity contribution < 1.29 is 14.4 Å². The summed E-state index contributed by atoms with van der Waals surface area (Å²) in [6, 6.07) is 0.928. The summed E-state index contributed by atoms with van der Waals surface area (Å²) in [5, 5.41) is 0. The van der Waals surface area contributed by atoms with E-state index in [1.165, 1.54) is 0 Å². The minimum Gasteiger partial charge on any atom is -0.444 e. The number of piperidine rings is 1. The summed E-state index contributed by atoms with van der Waals surface area (Å²) in [7, 11) is 0. The summed E-state index contributed by atoms with van der Waals surface area (Å²) in [6.07, 6.45) is 3.90. The minimum absolute atomic E-state index is 0.156. The predicted octanol–water partition coefficient (Wildman–Crippen LogP) is 3.09. The Morgan fingerprint density at radius 2 is 1.81 bits per heavy atom. The van der Waals surface area contributed by atoms with Gasteiger partial charge in [0.2, 0.25) is 0 Å². The van der Waals surface area contributed by atoms with Gasteiger partial charge in [0.1, 0.15) is 5.60 Å². The summed E-state index contributed by atoms with van der Waals surface area (Å²) in [5.41, 5.74) is 2.76. The number of amides is 1. The van der Waals surface area contributed by atoms with E-state index in [0.717, 1.165) is 32.3 Å². The van der Waals surface area contributed by atoms with Gasteiger partial charge < -0.3 is 14.5 Å². The average molecular weight is 298 g/mol. The lowest BCUT2D eigenvalue weighted by Gasteiger charge is -2.39. The van der Waals surface area contributed by atoms with Gasteiger partial charge in [-0.2, -0.15) is 5.48 Å². The fraction of sp³-hybridized carbons (Fsp3) is 0.938. The number of hydroxylamine groups is 1. The van der Waals surface area contributed by atoms with E-state index in [9.17, 15) is 4.79 Å². The number of fused-ring (bicyclic) bond motifs is 2. The van der Waals surface area contributed by atoms with Crippen LogP contribution in [-0.2, 0) is 9.57 Å². The van der Waals surface area contributed by atoms with Crippen LogP contribution in [0.3, 0.4) is 0 Å². The van der Waals surface area contributed by atoms with Crippen molar-refractivity contribution in [3.8, 4) is 0 Å². The quantitative estimate of drug-likeness (QED) is 0.810. The average Bonchev–Trinajstić information content (AvgIpc) is 2.59. The molecule has 0 saturated carbocycles. The predicted molar refractivity (Wildman–Crippen MR) is 81.8 cm³/mol. The van der Waals surface area contributed by atoms with Crippen molar-refractivity contribution in [2.75, 3.05) is 6.61 Å². The van der Waals surface area contributed by atoms with Gasteiger partial charge in [-0.05, 0) is 52.4 Å². The molecule has 5 nitrogen and oxygen atoms in total.